The number of rotatable bonds is 4. The van der Waals surface area contributed by atoms with Crippen LogP contribution in [-0.2, 0) is 0 Å². The van der Waals surface area contributed by atoms with E-state index < -0.39 is 0 Å². The first kappa shape index (κ1) is 11.2. The first-order valence-electron chi connectivity index (χ1n) is 4.03. The van der Waals surface area contributed by atoms with Gasteiger partial charge in [0, 0.05) is 12.3 Å². The Balaban J connectivity index is 3.78. The van der Waals surface area contributed by atoms with Gasteiger partial charge in [-0.3, -0.25) is 4.99 Å². The summed E-state index contributed by atoms with van der Waals surface area (Å²) in [5.41, 5.74) is 0.810. The van der Waals surface area contributed by atoms with Gasteiger partial charge in [-0.15, -0.1) is 5.76 Å². The minimum Gasteiger partial charge on any atom is -0.876 e. The van der Waals surface area contributed by atoms with Crippen LogP contribution in [0.25, 0.3) is 0 Å². The average Bonchev–Trinajstić information content (AvgIpc) is 1.84. The second kappa shape index (κ2) is 5.77. The quantitative estimate of drug-likeness (QED) is 0.447. The van der Waals surface area contributed by atoms with E-state index in [1.54, 1.807) is 6.08 Å². The van der Waals surface area contributed by atoms with E-state index in [4.69, 9.17) is 0 Å². The van der Waals surface area contributed by atoms with Crippen LogP contribution in [0.15, 0.2) is 16.8 Å². The summed E-state index contributed by atoms with van der Waals surface area (Å²) in [6, 6.07) is 0. The fourth-order valence-corrected chi connectivity index (χ4v) is 0.766. The van der Waals surface area contributed by atoms with Gasteiger partial charge in [0.1, 0.15) is 0 Å². The lowest BCUT2D eigenvalue weighted by molar-refractivity contribution is -0.301. The Bertz CT molecular complexity index is 179. The van der Waals surface area contributed by atoms with Crippen LogP contribution in [0.1, 0.15) is 13.8 Å². The molecule has 0 heterocycles. The molecule has 0 saturated heterocycles. The highest BCUT2D eigenvalue weighted by Gasteiger charge is 1.87. The van der Waals surface area contributed by atoms with Gasteiger partial charge in [0.2, 0.25) is 0 Å². The molecule has 0 aliphatic rings. The van der Waals surface area contributed by atoms with E-state index in [1.807, 2.05) is 21.0 Å². The van der Waals surface area contributed by atoms with E-state index in [-0.39, 0.29) is 5.76 Å². The Morgan fingerprint density at radius 3 is 2.42 bits per heavy atom. The highest BCUT2D eigenvalue weighted by atomic mass is 16.3. The van der Waals surface area contributed by atoms with E-state index in [2.05, 4.69) is 9.89 Å². The molecule has 70 valence electrons. The van der Waals surface area contributed by atoms with Crippen LogP contribution in [0.3, 0.4) is 0 Å². The maximum absolute atomic E-state index is 10.6. The lowest BCUT2D eigenvalue weighted by Gasteiger charge is -2.07. The molecule has 0 aromatic carbocycles. The Hall–Kier alpha value is -0.830. The van der Waals surface area contributed by atoms with Crippen molar-refractivity contribution in [2.24, 2.45) is 4.99 Å². The molecule has 0 bridgehead atoms. The summed E-state index contributed by atoms with van der Waals surface area (Å²) in [7, 11) is 4.00. The second-order valence-corrected chi connectivity index (χ2v) is 3.08. The molecule has 0 unspecified atom stereocenters. The van der Waals surface area contributed by atoms with Gasteiger partial charge in [-0.2, -0.15) is 0 Å². The van der Waals surface area contributed by atoms with Gasteiger partial charge in [0.15, 0.2) is 0 Å². The largest absolute Gasteiger partial charge is 0.876 e. The molecule has 0 atom stereocenters. The molecule has 0 spiro atoms. The summed E-state index contributed by atoms with van der Waals surface area (Å²) in [5, 5.41) is 10.6. The standard InChI is InChI=1S/C9H18N2O/c1-8(7-9(2)12)10-5-6-11(3)4/h7,12H,5-6H2,1-4H3/p-1/b9-7-,10-8?. The second-order valence-electron chi connectivity index (χ2n) is 3.08. The van der Waals surface area contributed by atoms with Crippen LogP contribution in [0.5, 0.6) is 0 Å². The smallest absolute Gasteiger partial charge is 0.0519 e. The van der Waals surface area contributed by atoms with E-state index in [9.17, 15) is 5.11 Å². The van der Waals surface area contributed by atoms with Crippen LogP contribution in [0, 0.1) is 0 Å². The fourth-order valence-electron chi connectivity index (χ4n) is 0.766. The minimum absolute atomic E-state index is 0.0566. The number of nitrogens with zero attached hydrogens (tertiary/aromatic N) is 2. The van der Waals surface area contributed by atoms with Crippen LogP contribution >= 0.6 is 0 Å². The van der Waals surface area contributed by atoms with E-state index >= 15 is 0 Å². The number of hydrogen-bond donors (Lipinski definition) is 0. The third-order valence-corrected chi connectivity index (χ3v) is 1.32. The molecule has 0 saturated carbocycles. The summed E-state index contributed by atoms with van der Waals surface area (Å²) < 4.78 is 0. The lowest BCUT2D eigenvalue weighted by atomic mass is 10.3. The summed E-state index contributed by atoms with van der Waals surface area (Å²) in [4.78, 5) is 6.26. The SMILES string of the molecule is CC(/C=C(/C)[O-])=NCCN(C)C. The topological polar surface area (TPSA) is 38.7 Å². The van der Waals surface area contributed by atoms with Crippen molar-refractivity contribution in [1.29, 1.82) is 0 Å². The third kappa shape index (κ3) is 7.28. The van der Waals surface area contributed by atoms with Crippen molar-refractivity contribution in [1.82, 2.24) is 4.90 Å². The Morgan fingerprint density at radius 1 is 1.42 bits per heavy atom. The molecule has 0 radical (unpaired) electrons. The van der Waals surface area contributed by atoms with Crippen molar-refractivity contribution in [3.05, 3.63) is 11.8 Å². The molecule has 0 fully saturated rings. The van der Waals surface area contributed by atoms with Crippen LogP contribution in [0.2, 0.25) is 0 Å². The van der Waals surface area contributed by atoms with Crippen LogP contribution < -0.4 is 5.11 Å². The maximum atomic E-state index is 10.6. The molecule has 0 amide bonds. The zero-order chi connectivity index (χ0) is 9.56. The van der Waals surface area contributed by atoms with Gasteiger partial charge in [0.25, 0.3) is 0 Å². The van der Waals surface area contributed by atoms with E-state index in [1.165, 1.54) is 6.92 Å². The van der Waals surface area contributed by atoms with Crippen molar-refractivity contribution < 1.29 is 5.11 Å². The molecule has 0 rings (SSSR count). The molecule has 3 nitrogen and oxygen atoms in total. The van der Waals surface area contributed by atoms with E-state index in [0.717, 1.165) is 18.8 Å². The van der Waals surface area contributed by atoms with Crippen molar-refractivity contribution in [2.45, 2.75) is 13.8 Å². The monoisotopic (exact) mass is 169 g/mol. The molecule has 3 heteroatoms. The predicted octanol–water partition coefficient (Wildman–Crippen LogP) is 0.273. The fraction of sp³-hybridized carbons (Fsp3) is 0.667. The Kier molecular flexibility index (Phi) is 5.37. The summed E-state index contributed by atoms with van der Waals surface area (Å²) in [6.07, 6.45) is 1.55. The molecular formula is C9H17N2O-. The average molecular weight is 169 g/mol. The molecule has 0 aromatic rings. The first-order chi connectivity index (χ1) is 5.52. The van der Waals surface area contributed by atoms with Crippen molar-refractivity contribution in [3.8, 4) is 0 Å². The Morgan fingerprint density at radius 2 is 2.00 bits per heavy atom. The lowest BCUT2D eigenvalue weighted by Crippen LogP contribution is -2.15. The van der Waals surface area contributed by atoms with Crippen molar-refractivity contribution in [3.63, 3.8) is 0 Å². The third-order valence-electron chi connectivity index (χ3n) is 1.32. The highest BCUT2D eigenvalue weighted by Crippen LogP contribution is 1.86. The summed E-state index contributed by atoms with van der Waals surface area (Å²) in [5.74, 6) is 0.0566. The molecule has 0 aliphatic heterocycles. The van der Waals surface area contributed by atoms with Gasteiger partial charge in [0.05, 0.1) is 6.54 Å². The van der Waals surface area contributed by atoms with Gasteiger partial charge in [-0.1, -0.05) is 13.0 Å². The highest BCUT2D eigenvalue weighted by molar-refractivity contribution is 5.92. The number of likely N-dealkylation sites (N-methyl/N-ethyl adjacent to an activating group) is 1. The molecular weight excluding hydrogens is 152 g/mol. The van der Waals surface area contributed by atoms with Crippen LogP contribution in [0.4, 0.5) is 0 Å². The van der Waals surface area contributed by atoms with Gasteiger partial charge < -0.3 is 10.0 Å². The first-order valence-corrected chi connectivity index (χ1v) is 4.03. The van der Waals surface area contributed by atoms with E-state index in [0.29, 0.717) is 0 Å². The van der Waals surface area contributed by atoms with Crippen molar-refractivity contribution >= 4 is 5.71 Å². The van der Waals surface area contributed by atoms with Gasteiger partial charge in [-0.05, 0) is 21.0 Å². The Labute approximate surface area is 74.4 Å². The molecule has 12 heavy (non-hydrogen) atoms. The van der Waals surface area contributed by atoms with Gasteiger partial charge in [-0.25, -0.2) is 0 Å². The maximum Gasteiger partial charge on any atom is 0.0519 e. The predicted molar refractivity (Wildman–Crippen MR) is 50.3 cm³/mol. The summed E-state index contributed by atoms with van der Waals surface area (Å²) in [6.45, 7) is 5.05. The summed E-state index contributed by atoms with van der Waals surface area (Å²) >= 11 is 0. The van der Waals surface area contributed by atoms with Gasteiger partial charge >= 0.3 is 0 Å². The zero-order valence-electron chi connectivity index (χ0n) is 8.29. The molecule has 0 aromatic heterocycles. The number of allylic oxidation sites excluding steroid dienone is 2. The number of hydrogen-bond acceptors (Lipinski definition) is 3. The zero-order valence-corrected chi connectivity index (χ0v) is 8.29. The van der Waals surface area contributed by atoms with Crippen LogP contribution in [-0.4, -0.2) is 37.8 Å². The molecule has 0 N–H and O–H groups in total. The molecule has 0 aliphatic carbocycles. The normalized spacial score (nSPS) is 14.1. The minimum atomic E-state index is 0.0566. The van der Waals surface area contributed by atoms with Crippen molar-refractivity contribution in [2.75, 3.05) is 27.2 Å². The number of aliphatic imine (C=N–C) groups is 1.